The van der Waals surface area contributed by atoms with Gasteiger partial charge in [-0.15, -0.1) is 0 Å². The highest BCUT2D eigenvalue weighted by Crippen LogP contribution is 2.29. The fourth-order valence-corrected chi connectivity index (χ4v) is 5.12. The molecule has 0 radical (unpaired) electrons. The first-order chi connectivity index (χ1) is 16.8. The summed E-state index contributed by atoms with van der Waals surface area (Å²) in [6.45, 7) is 6.41. The highest BCUT2D eigenvalue weighted by Gasteiger charge is 2.33. The van der Waals surface area contributed by atoms with Crippen molar-refractivity contribution in [2.24, 2.45) is 5.92 Å². The number of nitrogens with zero attached hydrogens (tertiary/aromatic N) is 2. The number of halogens is 2. The number of benzene rings is 2. The SMILES string of the molecule is Cc1c(CN2CCN(C(=O)C3CCCC3)C(C)C2)cc(F)cc1NC(=O)C(F)=Cc1ccccc1. The molecule has 1 unspecified atom stereocenters. The van der Waals surface area contributed by atoms with Gasteiger partial charge in [0.25, 0.3) is 5.91 Å². The van der Waals surface area contributed by atoms with Gasteiger partial charge >= 0.3 is 0 Å². The predicted octanol–water partition coefficient (Wildman–Crippen LogP) is 5.31. The van der Waals surface area contributed by atoms with Crippen LogP contribution in [0.2, 0.25) is 0 Å². The van der Waals surface area contributed by atoms with Crippen LogP contribution in [0.15, 0.2) is 48.3 Å². The average Bonchev–Trinajstić information content (AvgIpc) is 3.37. The van der Waals surface area contributed by atoms with Crippen LogP contribution in [0.25, 0.3) is 6.08 Å². The Balaban J connectivity index is 1.41. The second-order valence-electron chi connectivity index (χ2n) is 9.69. The van der Waals surface area contributed by atoms with Crippen LogP contribution < -0.4 is 5.32 Å². The van der Waals surface area contributed by atoms with Crippen LogP contribution in [-0.2, 0) is 16.1 Å². The second kappa shape index (κ2) is 11.1. The maximum Gasteiger partial charge on any atom is 0.284 e. The van der Waals surface area contributed by atoms with Crippen molar-refractivity contribution in [2.75, 3.05) is 25.0 Å². The quantitative estimate of drug-likeness (QED) is 0.570. The molecule has 0 bridgehead atoms. The lowest BCUT2D eigenvalue weighted by Gasteiger charge is -2.41. The van der Waals surface area contributed by atoms with Crippen molar-refractivity contribution >= 4 is 23.6 Å². The Bertz CT molecular complexity index is 1100. The highest BCUT2D eigenvalue weighted by molar-refractivity contribution is 6.05. The summed E-state index contributed by atoms with van der Waals surface area (Å²) in [4.78, 5) is 29.5. The molecule has 2 aliphatic rings. The van der Waals surface area contributed by atoms with Gasteiger partial charge in [0.15, 0.2) is 5.83 Å². The summed E-state index contributed by atoms with van der Waals surface area (Å²) in [6.07, 6.45) is 5.40. The molecule has 0 spiro atoms. The average molecular weight is 482 g/mol. The summed E-state index contributed by atoms with van der Waals surface area (Å²) in [5, 5.41) is 2.52. The third-order valence-electron chi connectivity index (χ3n) is 7.13. The van der Waals surface area contributed by atoms with Crippen molar-refractivity contribution in [3.63, 3.8) is 0 Å². The van der Waals surface area contributed by atoms with Crippen LogP contribution in [0, 0.1) is 18.7 Å². The van der Waals surface area contributed by atoms with Gasteiger partial charge in [-0.2, -0.15) is 0 Å². The lowest BCUT2D eigenvalue weighted by molar-refractivity contribution is -0.140. The lowest BCUT2D eigenvalue weighted by atomic mass is 10.0. The molecule has 1 N–H and O–H groups in total. The van der Waals surface area contributed by atoms with Crippen molar-refractivity contribution in [2.45, 2.75) is 52.1 Å². The molecule has 1 atom stereocenters. The molecule has 186 valence electrons. The Kier molecular flexibility index (Phi) is 7.96. The van der Waals surface area contributed by atoms with Crippen molar-refractivity contribution in [3.8, 4) is 0 Å². The minimum Gasteiger partial charge on any atom is -0.337 e. The second-order valence-corrected chi connectivity index (χ2v) is 9.69. The topological polar surface area (TPSA) is 52.6 Å². The van der Waals surface area contributed by atoms with Crippen LogP contribution in [0.3, 0.4) is 0 Å². The van der Waals surface area contributed by atoms with Gasteiger partial charge in [-0.25, -0.2) is 8.78 Å². The monoisotopic (exact) mass is 481 g/mol. The van der Waals surface area contributed by atoms with Crippen LogP contribution in [0.1, 0.15) is 49.3 Å². The zero-order chi connectivity index (χ0) is 24.9. The number of piperazine rings is 1. The lowest BCUT2D eigenvalue weighted by Crippen LogP contribution is -2.54. The minimum absolute atomic E-state index is 0.0853. The van der Waals surface area contributed by atoms with Gasteiger partial charge in [0, 0.05) is 43.8 Å². The van der Waals surface area contributed by atoms with E-state index in [-0.39, 0.29) is 23.6 Å². The molecule has 1 saturated heterocycles. The molecule has 2 aromatic rings. The number of nitrogens with one attached hydrogen (secondary N) is 1. The van der Waals surface area contributed by atoms with Crippen molar-refractivity contribution in [1.29, 1.82) is 0 Å². The van der Waals surface area contributed by atoms with Gasteiger partial charge in [0.05, 0.1) is 0 Å². The Labute approximate surface area is 205 Å². The van der Waals surface area contributed by atoms with E-state index in [1.807, 2.05) is 4.90 Å². The van der Waals surface area contributed by atoms with E-state index in [0.717, 1.165) is 37.3 Å². The molecular weight excluding hydrogens is 448 g/mol. The maximum absolute atomic E-state index is 14.4. The zero-order valence-corrected chi connectivity index (χ0v) is 20.4. The Morgan fingerprint density at radius 3 is 2.51 bits per heavy atom. The van der Waals surface area contributed by atoms with E-state index in [1.54, 1.807) is 37.3 Å². The van der Waals surface area contributed by atoms with Gasteiger partial charge in [-0.1, -0.05) is 43.2 Å². The molecule has 1 saturated carbocycles. The molecule has 5 nitrogen and oxygen atoms in total. The van der Waals surface area contributed by atoms with Crippen LogP contribution in [-0.4, -0.2) is 47.3 Å². The van der Waals surface area contributed by atoms with Crippen molar-refractivity contribution in [3.05, 3.63) is 70.8 Å². The molecule has 0 aromatic heterocycles. The normalized spacial score (nSPS) is 19.7. The molecule has 4 rings (SSSR count). The maximum atomic E-state index is 14.4. The summed E-state index contributed by atoms with van der Waals surface area (Å²) in [5.74, 6) is -1.92. The first-order valence-electron chi connectivity index (χ1n) is 12.4. The molecule has 2 amide bonds. The summed E-state index contributed by atoms with van der Waals surface area (Å²) in [7, 11) is 0. The number of carbonyl (C=O) groups is 2. The summed E-state index contributed by atoms with van der Waals surface area (Å²) >= 11 is 0. The van der Waals surface area contributed by atoms with E-state index in [9.17, 15) is 18.4 Å². The molecular formula is C28H33F2N3O2. The predicted molar refractivity (Wildman–Crippen MR) is 134 cm³/mol. The van der Waals surface area contributed by atoms with E-state index < -0.39 is 17.6 Å². The first kappa shape index (κ1) is 25.0. The van der Waals surface area contributed by atoms with E-state index in [4.69, 9.17) is 0 Å². The number of rotatable bonds is 6. The Hall–Kier alpha value is -3.06. The van der Waals surface area contributed by atoms with Crippen molar-refractivity contribution < 1.29 is 18.4 Å². The van der Waals surface area contributed by atoms with Crippen LogP contribution >= 0.6 is 0 Å². The zero-order valence-electron chi connectivity index (χ0n) is 20.4. The molecule has 1 aliphatic heterocycles. The fraction of sp³-hybridized carbons (Fsp3) is 0.429. The van der Waals surface area contributed by atoms with Crippen LogP contribution in [0.5, 0.6) is 0 Å². The van der Waals surface area contributed by atoms with E-state index in [2.05, 4.69) is 17.1 Å². The van der Waals surface area contributed by atoms with Crippen molar-refractivity contribution in [1.82, 2.24) is 9.80 Å². The number of amides is 2. The van der Waals surface area contributed by atoms with Gasteiger partial charge in [-0.05, 0) is 61.6 Å². The largest absolute Gasteiger partial charge is 0.337 e. The highest BCUT2D eigenvalue weighted by atomic mass is 19.1. The number of hydrogen-bond donors (Lipinski definition) is 1. The fourth-order valence-electron chi connectivity index (χ4n) is 5.12. The standard InChI is InChI=1S/C28H33F2N3O2/c1-19-17-32(12-13-33(19)28(35)22-10-6-7-11-22)18-23-15-24(29)16-26(20(23)2)31-27(34)25(30)14-21-8-4-3-5-9-21/h3-5,8-9,14-16,19,22H,6-7,10-13,17-18H2,1-2H3,(H,31,34). The molecule has 1 aliphatic carbocycles. The van der Waals surface area contributed by atoms with Gasteiger partial charge in [0.2, 0.25) is 5.91 Å². The van der Waals surface area contributed by atoms with E-state index >= 15 is 0 Å². The number of anilines is 1. The summed E-state index contributed by atoms with van der Waals surface area (Å²) in [5.41, 5.74) is 2.25. The number of carbonyl (C=O) groups excluding carboxylic acids is 2. The van der Waals surface area contributed by atoms with E-state index in [0.29, 0.717) is 37.3 Å². The smallest absolute Gasteiger partial charge is 0.284 e. The molecule has 2 aromatic carbocycles. The van der Waals surface area contributed by atoms with E-state index in [1.165, 1.54) is 12.1 Å². The Morgan fingerprint density at radius 1 is 1.11 bits per heavy atom. The Morgan fingerprint density at radius 2 is 1.83 bits per heavy atom. The molecule has 7 heteroatoms. The van der Waals surface area contributed by atoms with Gasteiger partial charge < -0.3 is 10.2 Å². The number of hydrogen-bond acceptors (Lipinski definition) is 3. The van der Waals surface area contributed by atoms with Crippen LogP contribution in [0.4, 0.5) is 14.5 Å². The first-order valence-corrected chi connectivity index (χ1v) is 12.4. The molecule has 2 fully saturated rings. The third kappa shape index (κ3) is 6.14. The molecule has 35 heavy (non-hydrogen) atoms. The van der Waals surface area contributed by atoms with Gasteiger partial charge in [-0.3, -0.25) is 14.5 Å². The third-order valence-corrected chi connectivity index (χ3v) is 7.13. The summed E-state index contributed by atoms with van der Waals surface area (Å²) in [6, 6.07) is 11.5. The minimum atomic E-state index is -0.946. The van der Waals surface area contributed by atoms with Gasteiger partial charge in [0.1, 0.15) is 5.82 Å². The summed E-state index contributed by atoms with van der Waals surface area (Å²) < 4.78 is 28.9. The molecule has 1 heterocycles.